The molecule has 0 fully saturated rings. The molecule has 1 aliphatic carbocycles. The molecule has 0 saturated heterocycles. The van der Waals surface area contributed by atoms with E-state index in [1.165, 1.54) is 36.1 Å². The third kappa shape index (κ3) is 4.06. The van der Waals surface area contributed by atoms with E-state index >= 15 is 0 Å². The molecule has 1 aliphatic rings. The van der Waals surface area contributed by atoms with E-state index in [1.54, 1.807) is 16.2 Å². The second-order valence-electron chi connectivity index (χ2n) is 5.97. The van der Waals surface area contributed by atoms with E-state index < -0.39 is 5.91 Å². The topological polar surface area (TPSA) is 63.4 Å². The summed E-state index contributed by atoms with van der Waals surface area (Å²) < 4.78 is 0. The Bertz CT molecular complexity index is 497. The maximum absolute atomic E-state index is 12.6. The summed E-state index contributed by atoms with van der Waals surface area (Å²) in [6, 6.07) is 2.00. The maximum atomic E-state index is 12.6. The van der Waals surface area contributed by atoms with Gasteiger partial charge >= 0.3 is 0 Å². The number of nitrogens with zero attached hydrogens (tertiary/aromatic N) is 1. The Morgan fingerprint density at radius 3 is 2.52 bits per heavy atom. The molecule has 2 amide bonds. The van der Waals surface area contributed by atoms with Crippen molar-refractivity contribution in [2.24, 2.45) is 5.73 Å². The van der Waals surface area contributed by atoms with Crippen molar-refractivity contribution in [2.75, 3.05) is 6.54 Å². The molecule has 1 heterocycles. The van der Waals surface area contributed by atoms with Gasteiger partial charge in [-0.1, -0.05) is 12.8 Å². The first-order valence-corrected chi connectivity index (χ1v) is 8.51. The molecule has 0 spiro atoms. The summed E-state index contributed by atoms with van der Waals surface area (Å²) in [7, 11) is 0. The van der Waals surface area contributed by atoms with Crippen LogP contribution in [0.4, 0.5) is 0 Å². The predicted molar refractivity (Wildman–Crippen MR) is 85.6 cm³/mol. The lowest BCUT2D eigenvalue weighted by Gasteiger charge is -2.24. The number of aryl methyl sites for hydroxylation is 2. The summed E-state index contributed by atoms with van der Waals surface area (Å²) in [5, 5.41) is 0. The van der Waals surface area contributed by atoms with Crippen molar-refractivity contribution in [2.45, 2.75) is 58.4 Å². The largest absolute Gasteiger partial charge is 0.368 e. The lowest BCUT2D eigenvalue weighted by atomic mass is 10.00. The molecule has 4 nitrogen and oxygen atoms in total. The summed E-state index contributed by atoms with van der Waals surface area (Å²) >= 11 is 1.60. The number of rotatable bonds is 4. The van der Waals surface area contributed by atoms with E-state index in [2.05, 4.69) is 0 Å². The average Bonchev–Trinajstić information content (AvgIpc) is 2.77. The van der Waals surface area contributed by atoms with Crippen LogP contribution in [0.25, 0.3) is 0 Å². The van der Waals surface area contributed by atoms with Crippen LogP contribution < -0.4 is 5.73 Å². The van der Waals surface area contributed by atoms with E-state index in [1.807, 2.05) is 19.9 Å². The highest BCUT2D eigenvalue weighted by Gasteiger charge is 2.23. The molecule has 0 aromatic carbocycles. The molecule has 2 N–H and O–H groups in total. The summed E-state index contributed by atoms with van der Waals surface area (Å²) in [5.41, 5.74) is 6.58. The van der Waals surface area contributed by atoms with Gasteiger partial charge in [0, 0.05) is 10.9 Å². The Kier molecular flexibility index (Phi) is 5.39. The SMILES string of the molecule is CC(C)N(CC(N)=O)C(=O)c1cc2c(s1)CCCCCC2. The number of carbonyl (C=O) groups excluding carboxylic acids is 2. The zero-order valence-electron chi connectivity index (χ0n) is 12.9. The Balaban J connectivity index is 2.21. The number of nitrogens with two attached hydrogens (primary N) is 1. The molecule has 0 radical (unpaired) electrons. The van der Waals surface area contributed by atoms with Gasteiger partial charge < -0.3 is 10.6 Å². The second-order valence-corrected chi connectivity index (χ2v) is 7.10. The van der Waals surface area contributed by atoms with Crippen molar-refractivity contribution in [1.29, 1.82) is 0 Å². The summed E-state index contributed by atoms with van der Waals surface area (Å²) in [6.07, 6.45) is 7.10. The van der Waals surface area contributed by atoms with Gasteiger partial charge in [0.25, 0.3) is 5.91 Å². The normalized spacial score (nSPS) is 15.2. The number of fused-ring (bicyclic) bond motifs is 1. The molecule has 21 heavy (non-hydrogen) atoms. The highest BCUT2D eigenvalue weighted by Crippen LogP contribution is 2.29. The lowest BCUT2D eigenvalue weighted by Crippen LogP contribution is -2.42. The van der Waals surface area contributed by atoms with E-state index in [0.29, 0.717) is 0 Å². The van der Waals surface area contributed by atoms with Crippen LogP contribution in [0.5, 0.6) is 0 Å². The highest BCUT2D eigenvalue weighted by atomic mass is 32.1. The summed E-state index contributed by atoms with van der Waals surface area (Å²) in [6.45, 7) is 3.80. The highest BCUT2D eigenvalue weighted by molar-refractivity contribution is 7.14. The third-order valence-electron chi connectivity index (χ3n) is 3.92. The third-order valence-corrected chi connectivity index (χ3v) is 5.14. The van der Waals surface area contributed by atoms with Gasteiger partial charge in [-0.25, -0.2) is 0 Å². The fourth-order valence-electron chi connectivity index (χ4n) is 2.75. The van der Waals surface area contributed by atoms with Gasteiger partial charge in [0.05, 0.1) is 11.4 Å². The quantitative estimate of drug-likeness (QED) is 0.929. The number of amides is 2. The van der Waals surface area contributed by atoms with E-state index in [4.69, 9.17) is 5.73 Å². The second kappa shape index (κ2) is 7.07. The van der Waals surface area contributed by atoms with Crippen molar-refractivity contribution in [3.05, 3.63) is 21.4 Å². The fourth-order valence-corrected chi connectivity index (χ4v) is 3.96. The molecule has 0 unspecified atom stereocenters. The Morgan fingerprint density at radius 1 is 1.24 bits per heavy atom. The van der Waals surface area contributed by atoms with Crippen LogP contribution >= 0.6 is 11.3 Å². The van der Waals surface area contributed by atoms with Crippen LogP contribution in [0.2, 0.25) is 0 Å². The maximum Gasteiger partial charge on any atom is 0.264 e. The van der Waals surface area contributed by atoms with Crippen LogP contribution in [0, 0.1) is 0 Å². The number of primary amides is 1. The van der Waals surface area contributed by atoms with Gasteiger partial charge in [-0.15, -0.1) is 11.3 Å². The van der Waals surface area contributed by atoms with Crippen molar-refractivity contribution in [1.82, 2.24) is 4.90 Å². The van der Waals surface area contributed by atoms with Gasteiger partial charge in [0.15, 0.2) is 0 Å². The zero-order valence-corrected chi connectivity index (χ0v) is 13.7. The zero-order chi connectivity index (χ0) is 15.4. The Morgan fingerprint density at radius 2 is 1.90 bits per heavy atom. The summed E-state index contributed by atoms with van der Waals surface area (Å²) in [5.74, 6) is -0.535. The van der Waals surface area contributed by atoms with Crippen molar-refractivity contribution in [3.63, 3.8) is 0 Å². The van der Waals surface area contributed by atoms with Gasteiger partial charge in [-0.3, -0.25) is 9.59 Å². The van der Waals surface area contributed by atoms with E-state index in [-0.39, 0.29) is 18.5 Å². The van der Waals surface area contributed by atoms with Crippen molar-refractivity contribution in [3.8, 4) is 0 Å². The predicted octanol–water partition coefficient (Wildman–Crippen LogP) is 2.74. The van der Waals surface area contributed by atoms with Crippen molar-refractivity contribution < 1.29 is 9.59 Å². The number of hydrogen-bond donors (Lipinski definition) is 1. The molecule has 5 heteroatoms. The molecule has 2 rings (SSSR count). The molecule has 0 bridgehead atoms. The molecule has 0 aliphatic heterocycles. The molecule has 0 saturated carbocycles. The Labute approximate surface area is 130 Å². The smallest absolute Gasteiger partial charge is 0.264 e. The van der Waals surface area contributed by atoms with Gasteiger partial charge in [-0.2, -0.15) is 0 Å². The minimum Gasteiger partial charge on any atom is -0.368 e. The van der Waals surface area contributed by atoms with Gasteiger partial charge in [0.2, 0.25) is 5.91 Å². The molecular weight excluding hydrogens is 284 g/mol. The van der Waals surface area contributed by atoms with Crippen LogP contribution in [0.15, 0.2) is 6.07 Å². The van der Waals surface area contributed by atoms with Crippen LogP contribution in [-0.4, -0.2) is 29.3 Å². The molecule has 1 aromatic rings. The minimum atomic E-state index is -0.466. The number of carbonyl (C=O) groups is 2. The van der Waals surface area contributed by atoms with E-state index in [0.717, 1.165) is 17.7 Å². The fraction of sp³-hybridized carbons (Fsp3) is 0.625. The Hall–Kier alpha value is -1.36. The molecule has 116 valence electrons. The molecule has 0 atom stereocenters. The monoisotopic (exact) mass is 308 g/mol. The van der Waals surface area contributed by atoms with Crippen LogP contribution in [0.3, 0.4) is 0 Å². The first-order valence-electron chi connectivity index (χ1n) is 7.70. The number of thiophene rings is 1. The van der Waals surface area contributed by atoms with Crippen LogP contribution in [0.1, 0.15) is 59.6 Å². The number of hydrogen-bond acceptors (Lipinski definition) is 3. The van der Waals surface area contributed by atoms with Gasteiger partial charge in [-0.05, 0) is 51.2 Å². The first kappa shape index (κ1) is 16.0. The molecular formula is C16H24N2O2S. The van der Waals surface area contributed by atoms with E-state index in [9.17, 15) is 9.59 Å². The molecule has 1 aromatic heterocycles. The minimum absolute atomic E-state index is 0.0148. The summed E-state index contributed by atoms with van der Waals surface area (Å²) in [4.78, 5) is 27.5. The van der Waals surface area contributed by atoms with Gasteiger partial charge in [0.1, 0.15) is 0 Å². The standard InChI is InChI=1S/C16H24N2O2S/c1-11(2)18(10-15(17)19)16(20)14-9-12-7-5-3-4-6-8-13(12)21-14/h9,11H,3-8,10H2,1-2H3,(H2,17,19). The first-order chi connectivity index (χ1) is 9.99. The lowest BCUT2D eigenvalue weighted by molar-refractivity contribution is -0.119. The average molecular weight is 308 g/mol. The van der Waals surface area contributed by atoms with Crippen molar-refractivity contribution >= 4 is 23.2 Å². The van der Waals surface area contributed by atoms with Crippen LogP contribution in [-0.2, 0) is 17.6 Å².